The fourth-order valence-electron chi connectivity index (χ4n) is 1.25. The van der Waals surface area contributed by atoms with Gasteiger partial charge in [0, 0.05) is 7.05 Å². The first-order valence-corrected chi connectivity index (χ1v) is 5.37. The Kier molecular flexibility index (Phi) is 3.88. The molecular weight excluding hydrogens is 256 g/mol. The minimum Gasteiger partial charge on any atom is -0.324 e. The number of imide groups is 3. The first kappa shape index (κ1) is 14.6. The summed E-state index contributed by atoms with van der Waals surface area (Å²) in [5.41, 5.74) is -0.725. The van der Waals surface area contributed by atoms with Gasteiger partial charge in [-0.2, -0.15) is 0 Å². The van der Waals surface area contributed by atoms with E-state index < -0.39 is 29.4 Å². The molecule has 0 atom stereocenters. The summed E-state index contributed by atoms with van der Waals surface area (Å²) in [6.07, 6.45) is -0.234. The molecular formula is C10H14N4O5. The Morgan fingerprint density at radius 1 is 1.05 bits per heavy atom. The molecule has 2 rings (SSSR count). The van der Waals surface area contributed by atoms with Gasteiger partial charge in [0.15, 0.2) is 0 Å². The lowest BCUT2D eigenvalue weighted by Gasteiger charge is -2.19. The Balaban J connectivity index is 0.000000191. The van der Waals surface area contributed by atoms with Crippen LogP contribution in [0.15, 0.2) is 0 Å². The lowest BCUT2D eigenvalue weighted by molar-refractivity contribution is -0.135. The summed E-state index contributed by atoms with van der Waals surface area (Å²) >= 11 is 0. The Morgan fingerprint density at radius 3 is 1.95 bits per heavy atom. The Labute approximate surface area is 108 Å². The van der Waals surface area contributed by atoms with E-state index in [4.69, 9.17) is 0 Å². The first-order valence-electron chi connectivity index (χ1n) is 5.37. The quantitative estimate of drug-likeness (QED) is 0.372. The van der Waals surface area contributed by atoms with E-state index in [1.165, 1.54) is 7.05 Å². The van der Waals surface area contributed by atoms with E-state index in [9.17, 15) is 24.0 Å². The molecule has 0 radical (unpaired) electrons. The second-order valence-electron chi connectivity index (χ2n) is 4.52. The van der Waals surface area contributed by atoms with Crippen LogP contribution in [-0.2, 0) is 14.4 Å². The maximum atomic E-state index is 10.7. The van der Waals surface area contributed by atoms with Crippen LogP contribution in [0.4, 0.5) is 9.59 Å². The van der Waals surface area contributed by atoms with Crippen molar-refractivity contribution in [2.24, 2.45) is 0 Å². The molecule has 19 heavy (non-hydrogen) atoms. The van der Waals surface area contributed by atoms with Crippen LogP contribution in [0.1, 0.15) is 20.3 Å². The molecule has 0 spiro atoms. The predicted molar refractivity (Wildman–Crippen MR) is 61.7 cm³/mol. The van der Waals surface area contributed by atoms with Crippen LogP contribution in [0.5, 0.6) is 0 Å². The topological polar surface area (TPSA) is 125 Å². The Morgan fingerprint density at radius 2 is 1.63 bits per heavy atom. The van der Waals surface area contributed by atoms with E-state index in [1.54, 1.807) is 13.8 Å². The highest BCUT2D eigenvalue weighted by atomic mass is 16.2. The highest BCUT2D eigenvalue weighted by Gasteiger charge is 2.36. The summed E-state index contributed by atoms with van der Waals surface area (Å²) in [5, 5.41) is 6.55. The minimum atomic E-state index is -0.725. The smallest absolute Gasteiger partial charge is 0.324 e. The van der Waals surface area contributed by atoms with Crippen molar-refractivity contribution < 1.29 is 24.0 Å². The van der Waals surface area contributed by atoms with Crippen LogP contribution in [-0.4, -0.2) is 47.3 Å². The minimum absolute atomic E-state index is 0.234. The van der Waals surface area contributed by atoms with Crippen molar-refractivity contribution in [2.45, 2.75) is 25.8 Å². The predicted octanol–water partition coefficient (Wildman–Crippen LogP) is -1.31. The zero-order valence-electron chi connectivity index (χ0n) is 10.7. The van der Waals surface area contributed by atoms with Gasteiger partial charge < -0.3 is 5.32 Å². The summed E-state index contributed by atoms with van der Waals surface area (Å²) in [6.45, 7) is 3.29. The summed E-state index contributed by atoms with van der Waals surface area (Å²) in [5.74, 6) is -1.27. The van der Waals surface area contributed by atoms with E-state index in [0.29, 0.717) is 0 Å². The van der Waals surface area contributed by atoms with E-state index in [2.05, 4.69) is 10.6 Å². The molecule has 9 nitrogen and oxygen atoms in total. The molecule has 0 unspecified atom stereocenters. The van der Waals surface area contributed by atoms with Crippen molar-refractivity contribution in [3.63, 3.8) is 0 Å². The zero-order valence-corrected chi connectivity index (χ0v) is 10.7. The van der Waals surface area contributed by atoms with Gasteiger partial charge in [0.05, 0.1) is 0 Å². The number of carbonyl (C=O) groups excluding carboxylic acids is 5. The number of barbiturate groups is 1. The second-order valence-corrected chi connectivity index (χ2v) is 4.52. The van der Waals surface area contributed by atoms with Gasteiger partial charge in [0.2, 0.25) is 11.8 Å². The number of rotatable bonds is 0. The molecule has 3 N–H and O–H groups in total. The summed E-state index contributed by atoms with van der Waals surface area (Å²) < 4.78 is 0. The Bertz CT molecular complexity index is 451. The third-order valence-corrected chi connectivity index (χ3v) is 2.46. The molecule has 104 valence electrons. The molecule has 7 amide bonds. The molecule has 0 aliphatic carbocycles. The molecule has 0 bridgehead atoms. The number of nitrogens with one attached hydrogen (secondary N) is 3. The van der Waals surface area contributed by atoms with Gasteiger partial charge in [0.25, 0.3) is 5.91 Å². The standard InChI is InChI=1S/C5H6N2O3.C5H8N2O2/c1-7-4(9)2-3(8)6-5(7)10;1-5(2)3(8)6-4(9)7-5/h2H2,1H3,(H,6,8,10);1-2H3,(H2,6,7,8,9). The van der Waals surface area contributed by atoms with Crippen LogP contribution in [0.3, 0.4) is 0 Å². The fourth-order valence-corrected chi connectivity index (χ4v) is 1.25. The second kappa shape index (κ2) is 5.04. The van der Waals surface area contributed by atoms with Gasteiger partial charge in [-0.05, 0) is 13.8 Å². The van der Waals surface area contributed by atoms with Crippen molar-refractivity contribution in [3.8, 4) is 0 Å². The highest BCUT2D eigenvalue weighted by Crippen LogP contribution is 2.06. The number of hydrogen-bond acceptors (Lipinski definition) is 5. The van der Waals surface area contributed by atoms with Crippen LogP contribution < -0.4 is 16.0 Å². The molecule has 2 aliphatic rings. The first-order chi connectivity index (χ1) is 8.63. The van der Waals surface area contributed by atoms with Crippen molar-refractivity contribution in [1.29, 1.82) is 0 Å². The lowest BCUT2D eigenvalue weighted by Crippen LogP contribution is -2.50. The molecule has 0 aromatic rings. The molecule has 2 saturated heterocycles. The number of urea groups is 2. The summed E-state index contributed by atoms with van der Waals surface area (Å²) in [7, 11) is 1.32. The number of amides is 7. The summed E-state index contributed by atoms with van der Waals surface area (Å²) in [6, 6.07) is -1.06. The molecule has 0 aromatic carbocycles. The van der Waals surface area contributed by atoms with Gasteiger partial charge in [-0.3, -0.25) is 29.9 Å². The van der Waals surface area contributed by atoms with E-state index >= 15 is 0 Å². The maximum absolute atomic E-state index is 10.7. The van der Waals surface area contributed by atoms with E-state index in [1.807, 2.05) is 5.32 Å². The number of hydrogen-bond donors (Lipinski definition) is 3. The van der Waals surface area contributed by atoms with Gasteiger partial charge in [0.1, 0.15) is 12.0 Å². The van der Waals surface area contributed by atoms with Crippen LogP contribution in [0.2, 0.25) is 0 Å². The normalized spacial score (nSPS) is 21.2. The third kappa shape index (κ3) is 3.50. The Hall–Kier alpha value is -2.45. The van der Waals surface area contributed by atoms with Crippen molar-refractivity contribution in [2.75, 3.05) is 7.05 Å². The van der Waals surface area contributed by atoms with E-state index in [0.717, 1.165) is 4.90 Å². The molecule has 9 heteroatoms. The average molecular weight is 270 g/mol. The SMILES string of the molecule is CC1(C)NC(=O)NC1=O.CN1C(=O)CC(=O)NC1=O. The summed E-state index contributed by atoms with van der Waals surface area (Å²) in [4.78, 5) is 53.7. The largest absolute Gasteiger partial charge is 0.330 e. The average Bonchev–Trinajstić information content (AvgIpc) is 2.48. The fraction of sp³-hybridized carbons (Fsp3) is 0.500. The van der Waals surface area contributed by atoms with Crippen molar-refractivity contribution >= 4 is 29.8 Å². The van der Waals surface area contributed by atoms with Crippen LogP contribution in [0.25, 0.3) is 0 Å². The maximum Gasteiger partial charge on any atom is 0.330 e. The van der Waals surface area contributed by atoms with Gasteiger partial charge >= 0.3 is 12.1 Å². The molecule has 2 heterocycles. The molecule has 2 aliphatic heterocycles. The molecule has 0 saturated carbocycles. The third-order valence-electron chi connectivity index (χ3n) is 2.46. The monoisotopic (exact) mass is 270 g/mol. The van der Waals surface area contributed by atoms with Gasteiger partial charge in [-0.25, -0.2) is 9.59 Å². The number of carbonyl (C=O) groups is 5. The van der Waals surface area contributed by atoms with Gasteiger partial charge in [-0.1, -0.05) is 0 Å². The van der Waals surface area contributed by atoms with Crippen LogP contribution in [0, 0.1) is 0 Å². The zero-order chi connectivity index (χ0) is 14.8. The lowest BCUT2D eigenvalue weighted by atomic mass is 10.1. The molecule has 0 aromatic heterocycles. The van der Waals surface area contributed by atoms with Crippen LogP contribution >= 0.6 is 0 Å². The highest BCUT2D eigenvalue weighted by molar-refractivity contribution is 6.13. The van der Waals surface area contributed by atoms with Gasteiger partial charge in [-0.15, -0.1) is 0 Å². The van der Waals surface area contributed by atoms with Crippen molar-refractivity contribution in [3.05, 3.63) is 0 Å². The van der Waals surface area contributed by atoms with E-state index in [-0.39, 0.29) is 12.3 Å². The number of nitrogens with zero attached hydrogens (tertiary/aromatic N) is 1. The molecule has 2 fully saturated rings. The van der Waals surface area contributed by atoms with Crippen molar-refractivity contribution in [1.82, 2.24) is 20.9 Å².